The van der Waals surface area contributed by atoms with Gasteiger partial charge in [0.15, 0.2) is 6.61 Å². The number of halogens is 1. The van der Waals surface area contributed by atoms with Crippen molar-refractivity contribution in [2.75, 3.05) is 13.2 Å². The number of hydrogen-bond donors (Lipinski definition) is 2. The molecule has 0 bridgehead atoms. The largest absolute Gasteiger partial charge is 0.483 e. The quantitative estimate of drug-likeness (QED) is 0.847. The highest BCUT2D eigenvalue weighted by atomic mass is 79.9. The number of carbonyl (C=O) groups excluding carboxylic acids is 1. The van der Waals surface area contributed by atoms with Crippen LogP contribution in [-0.2, 0) is 4.79 Å². The van der Waals surface area contributed by atoms with E-state index in [0.29, 0.717) is 12.3 Å². The second-order valence-electron chi connectivity index (χ2n) is 4.11. The van der Waals surface area contributed by atoms with Gasteiger partial charge in [-0.2, -0.15) is 0 Å². The van der Waals surface area contributed by atoms with Crippen LogP contribution >= 0.6 is 15.9 Å². The van der Waals surface area contributed by atoms with Gasteiger partial charge >= 0.3 is 0 Å². The molecule has 0 aliphatic heterocycles. The SMILES string of the molecule is CCCNC(=O)COc1ccc(Br)cc1[C@@H](C)N. The Morgan fingerprint density at radius 2 is 2.28 bits per heavy atom. The Morgan fingerprint density at radius 1 is 1.56 bits per heavy atom. The van der Waals surface area contributed by atoms with Crippen LogP contribution in [0.4, 0.5) is 0 Å². The fraction of sp³-hybridized carbons (Fsp3) is 0.462. The molecule has 1 rings (SSSR count). The van der Waals surface area contributed by atoms with E-state index in [0.717, 1.165) is 16.5 Å². The van der Waals surface area contributed by atoms with Crippen LogP contribution in [0.2, 0.25) is 0 Å². The van der Waals surface area contributed by atoms with Crippen LogP contribution in [-0.4, -0.2) is 19.1 Å². The van der Waals surface area contributed by atoms with Gasteiger partial charge < -0.3 is 15.8 Å². The molecule has 4 nitrogen and oxygen atoms in total. The lowest BCUT2D eigenvalue weighted by atomic mass is 10.1. The summed E-state index contributed by atoms with van der Waals surface area (Å²) in [5.41, 5.74) is 6.75. The monoisotopic (exact) mass is 314 g/mol. The van der Waals surface area contributed by atoms with Gasteiger partial charge in [0, 0.05) is 22.6 Å². The first-order valence-electron chi connectivity index (χ1n) is 5.99. The van der Waals surface area contributed by atoms with Gasteiger partial charge in [-0.15, -0.1) is 0 Å². The van der Waals surface area contributed by atoms with E-state index in [1.165, 1.54) is 0 Å². The molecule has 0 saturated heterocycles. The van der Waals surface area contributed by atoms with Crippen LogP contribution in [0, 0.1) is 0 Å². The predicted molar refractivity (Wildman–Crippen MR) is 75.5 cm³/mol. The molecule has 0 heterocycles. The van der Waals surface area contributed by atoms with E-state index in [2.05, 4.69) is 21.2 Å². The molecule has 5 heteroatoms. The lowest BCUT2D eigenvalue weighted by Crippen LogP contribution is -2.29. The molecule has 3 N–H and O–H groups in total. The van der Waals surface area contributed by atoms with Crippen molar-refractivity contribution in [1.82, 2.24) is 5.32 Å². The Bertz CT molecular complexity index is 408. The van der Waals surface area contributed by atoms with E-state index in [1.807, 2.05) is 32.0 Å². The van der Waals surface area contributed by atoms with Gasteiger partial charge in [-0.3, -0.25) is 4.79 Å². The summed E-state index contributed by atoms with van der Waals surface area (Å²) in [5.74, 6) is 0.537. The molecule has 0 spiro atoms. The maximum absolute atomic E-state index is 11.4. The van der Waals surface area contributed by atoms with Gasteiger partial charge in [-0.1, -0.05) is 22.9 Å². The summed E-state index contributed by atoms with van der Waals surface area (Å²) < 4.78 is 6.44. The number of hydrogen-bond acceptors (Lipinski definition) is 3. The lowest BCUT2D eigenvalue weighted by Gasteiger charge is -2.14. The van der Waals surface area contributed by atoms with E-state index in [4.69, 9.17) is 10.5 Å². The number of benzene rings is 1. The third-order valence-electron chi connectivity index (χ3n) is 2.39. The number of ether oxygens (including phenoxy) is 1. The van der Waals surface area contributed by atoms with Crippen molar-refractivity contribution < 1.29 is 9.53 Å². The van der Waals surface area contributed by atoms with Crippen LogP contribution in [0.1, 0.15) is 31.9 Å². The first kappa shape index (κ1) is 15.0. The van der Waals surface area contributed by atoms with E-state index < -0.39 is 0 Å². The minimum absolute atomic E-state index is 0.0152. The molecule has 1 atom stereocenters. The Hall–Kier alpha value is -1.07. The third kappa shape index (κ3) is 4.66. The zero-order valence-corrected chi connectivity index (χ0v) is 12.3. The van der Waals surface area contributed by atoms with Crippen LogP contribution in [0.25, 0.3) is 0 Å². The first-order valence-corrected chi connectivity index (χ1v) is 6.78. The number of amides is 1. The Kier molecular flexibility index (Phi) is 6.15. The van der Waals surface area contributed by atoms with Crippen LogP contribution in [0.15, 0.2) is 22.7 Å². The molecule has 0 aliphatic carbocycles. The van der Waals surface area contributed by atoms with Crippen LogP contribution < -0.4 is 15.8 Å². The van der Waals surface area contributed by atoms with Gasteiger partial charge in [-0.25, -0.2) is 0 Å². The molecule has 1 aromatic carbocycles. The highest BCUT2D eigenvalue weighted by Crippen LogP contribution is 2.27. The summed E-state index contributed by atoms with van der Waals surface area (Å²) in [6, 6.07) is 5.45. The topological polar surface area (TPSA) is 64.3 Å². The van der Waals surface area contributed by atoms with Gasteiger partial charge in [-0.05, 0) is 31.5 Å². The Labute approximate surface area is 116 Å². The fourth-order valence-electron chi connectivity index (χ4n) is 1.47. The van der Waals surface area contributed by atoms with Crippen molar-refractivity contribution >= 4 is 21.8 Å². The smallest absolute Gasteiger partial charge is 0.257 e. The average Bonchev–Trinajstić information content (AvgIpc) is 2.34. The molecular weight excluding hydrogens is 296 g/mol. The summed E-state index contributed by atoms with van der Waals surface area (Å²) in [6.45, 7) is 4.57. The molecule has 1 aromatic rings. The number of carbonyl (C=O) groups is 1. The molecule has 0 unspecified atom stereocenters. The molecular formula is C13H19BrN2O2. The average molecular weight is 315 g/mol. The van der Waals surface area contributed by atoms with Crippen molar-refractivity contribution in [2.24, 2.45) is 5.73 Å². The minimum atomic E-state index is -0.142. The predicted octanol–water partition coefficient (Wildman–Crippen LogP) is 2.37. The number of nitrogens with one attached hydrogen (secondary N) is 1. The lowest BCUT2D eigenvalue weighted by molar-refractivity contribution is -0.123. The summed E-state index contributed by atoms with van der Waals surface area (Å²) in [6.07, 6.45) is 0.912. The van der Waals surface area contributed by atoms with E-state index in [9.17, 15) is 4.79 Å². The molecule has 18 heavy (non-hydrogen) atoms. The van der Waals surface area contributed by atoms with Gasteiger partial charge in [0.25, 0.3) is 5.91 Å². The second kappa shape index (κ2) is 7.38. The fourth-order valence-corrected chi connectivity index (χ4v) is 1.84. The van der Waals surface area contributed by atoms with E-state index in [1.54, 1.807) is 0 Å². The van der Waals surface area contributed by atoms with Gasteiger partial charge in [0.05, 0.1) is 0 Å². The molecule has 0 fully saturated rings. The standard InChI is InChI=1S/C13H19BrN2O2/c1-3-6-16-13(17)8-18-12-5-4-10(14)7-11(12)9(2)15/h4-5,7,9H,3,6,8,15H2,1-2H3,(H,16,17)/t9-/m1/s1. The number of rotatable bonds is 6. The van der Waals surface area contributed by atoms with Crippen molar-refractivity contribution in [1.29, 1.82) is 0 Å². The molecule has 1 amide bonds. The summed E-state index contributed by atoms with van der Waals surface area (Å²) >= 11 is 3.39. The van der Waals surface area contributed by atoms with Crippen LogP contribution in [0.5, 0.6) is 5.75 Å². The van der Waals surface area contributed by atoms with Crippen LogP contribution in [0.3, 0.4) is 0 Å². The summed E-state index contributed by atoms with van der Waals surface area (Å²) in [7, 11) is 0. The maximum Gasteiger partial charge on any atom is 0.257 e. The normalized spacial score (nSPS) is 12.0. The van der Waals surface area contributed by atoms with Gasteiger partial charge in [0.1, 0.15) is 5.75 Å². The first-order chi connectivity index (χ1) is 8.54. The molecule has 0 aromatic heterocycles. The van der Waals surface area contributed by atoms with E-state index >= 15 is 0 Å². The maximum atomic E-state index is 11.4. The van der Waals surface area contributed by atoms with Crippen molar-refractivity contribution in [3.8, 4) is 5.75 Å². The van der Waals surface area contributed by atoms with Crippen molar-refractivity contribution in [3.05, 3.63) is 28.2 Å². The molecule has 0 aliphatic rings. The molecule has 100 valence electrons. The number of nitrogens with two attached hydrogens (primary N) is 1. The summed E-state index contributed by atoms with van der Waals surface area (Å²) in [4.78, 5) is 11.4. The Balaban J connectivity index is 2.64. The van der Waals surface area contributed by atoms with Crippen molar-refractivity contribution in [3.63, 3.8) is 0 Å². The highest BCUT2D eigenvalue weighted by molar-refractivity contribution is 9.10. The van der Waals surface area contributed by atoms with E-state index in [-0.39, 0.29) is 18.6 Å². The minimum Gasteiger partial charge on any atom is -0.483 e. The second-order valence-corrected chi connectivity index (χ2v) is 5.03. The molecule has 0 radical (unpaired) electrons. The molecule has 0 saturated carbocycles. The summed E-state index contributed by atoms with van der Waals surface area (Å²) in [5, 5.41) is 2.76. The highest BCUT2D eigenvalue weighted by Gasteiger charge is 2.10. The third-order valence-corrected chi connectivity index (χ3v) is 2.89. The van der Waals surface area contributed by atoms with Gasteiger partial charge in [0.2, 0.25) is 0 Å². The zero-order chi connectivity index (χ0) is 13.5. The van der Waals surface area contributed by atoms with Crippen molar-refractivity contribution in [2.45, 2.75) is 26.3 Å². The zero-order valence-electron chi connectivity index (χ0n) is 10.7. The Morgan fingerprint density at radius 3 is 2.89 bits per heavy atom.